The number of carbonyl (C=O) groups is 2. The van der Waals surface area contributed by atoms with E-state index < -0.39 is 42.2 Å². The molecule has 0 aliphatic carbocycles. The highest BCUT2D eigenvalue weighted by atomic mass is 16.8. The summed E-state index contributed by atoms with van der Waals surface area (Å²) in [6.07, 6.45) is 0.946. The van der Waals surface area contributed by atoms with Crippen LogP contribution < -0.4 is 0 Å². The third-order valence-electron chi connectivity index (χ3n) is 4.19. The minimum absolute atomic E-state index is 0.0477. The van der Waals surface area contributed by atoms with Crippen molar-refractivity contribution in [1.29, 1.82) is 0 Å². The third kappa shape index (κ3) is 3.68. The second-order valence-electron chi connectivity index (χ2n) is 6.39. The monoisotopic (exact) mass is 339 g/mol. The number of likely N-dealkylation sites (N-methyl/N-ethyl adjacent to an activating group) is 1. The van der Waals surface area contributed by atoms with Gasteiger partial charge < -0.3 is 23.8 Å². The zero-order chi connectivity index (χ0) is 18.1. The van der Waals surface area contributed by atoms with Gasteiger partial charge in [-0.2, -0.15) is 0 Å². The Labute approximate surface area is 142 Å². The molecule has 0 aromatic carbocycles. The van der Waals surface area contributed by atoms with Crippen molar-refractivity contribution in [3.63, 3.8) is 0 Å². The molecule has 24 heavy (non-hydrogen) atoms. The van der Waals surface area contributed by atoms with Gasteiger partial charge in [0.05, 0.1) is 12.1 Å². The summed E-state index contributed by atoms with van der Waals surface area (Å²) in [5, 5.41) is 0. The number of hydrogen-bond donors (Lipinski definition) is 0. The van der Waals surface area contributed by atoms with Crippen molar-refractivity contribution in [3.8, 4) is 0 Å². The lowest BCUT2D eigenvalue weighted by Gasteiger charge is -2.44. The number of nitrogens with zero attached hydrogens (tertiary/aromatic N) is 1. The second kappa shape index (κ2) is 7.04. The van der Waals surface area contributed by atoms with Crippen molar-refractivity contribution in [1.82, 2.24) is 4.90 Å². The molecule has 134 valence electrons. The first-order valence-corrected chi connectivity index (χ1v) is 7.86. The van der Waals surface area contributed by atoms with Crippen LogP contribution in [0.3, 0.4) is 0 Å². The van der Waals surface area contributed by atoms with Gasteiger partial charge in [-0.3, -0.25) is 9.59 Å². The van der Waals surface area contributed by atoms with E-state index in [1.807, 2.05) is 0 Å². The lowest BCUT2D eigenvalue weighted by molar-refractivity contribution is -0.180. The number of esters is 1. The van der Waals surface area contributed by atoms with Gasteiger partial charge in [0, 0.05) is 14.0 Å². The Morgan fingerprint density at radius 2 is 1.88 bits per heavy atom. The first-order chi connectivity index (χ1) is 11.2. The fraction of sp³-hybridized carbons (Fsp3) is 0.647. The van der Waals surface area contributed by atoms with Crippen LogP contribution in [0.2, 0.25) is 0 Å². The van der Waals surface area contributed by atoms with Crippen LogP contribution >= 0.6 is 0 Å². The molecule has 7 nitrogen and oxygen atoms in total. The van der Waals surface area contributed by atoms with Gasteiger partial charge in [-0.15, -0.1) is 6.58 Å². The fourth-order valence-electron chi connectivity index (χ4n) is 3.18. The van der Waals surface area contributed by atoms with Crippen molar-refractivity contribution in [3.05, 3.63) is 25.3 Å². The van der Waals surface area contributed by atoms with Crippen molar-refractivity contribution >= 4 is 11.9 Å². The molecule has 5 atom stereocenters. The van der Waals surface area contributed by atoms with E-state index in [9.17, 15) is 9.59 Å². The summed E-state index contributed by atoms with van der Waals surface area (Å²) >= 11 is 0. The first-order valence-electron chi connectivity index (χ1n) is 7.86. The van der Waals surface area contributed by atoms with Gasteiger partial charge in [0.15, 0.2) is 5.79 Å². The smallest absolute Gasteiger partial charge is 0.302 e. The number of fused-ring (bicyclic) bond motifs is 1. The molecule has 1 unspecified atom stereocenters. The molecule has 0 spiro atoms. The summed E-state index contributed by atoms with van der Waals surface area (Å²) in [6.45, 7) is 12.3. The molecule has 2 fully saturated rings. The van der Waals surface area contributed by atoms with Crippen molar-refractivity contribution < 1.29 is 28.5 Å². The number of amides is 1. The van der Waals surface area contributed by atoms with E-state index >= 15 is 0 Å². The lowest BCUT2D eigenvalue weighted by Crippen LogP contribution is -2.62. The Bertz CT molecular complexity index is 531. The van der Waals surface area contributed by atoms with E-state index in [0.29, 0.717) is 0 Å². The summed E-state index contributed by atoms with van der Waals surface area (Å²) in [7, 11) is 1.66. The Kier molecular flexibility index (Phi) is 5.47. The van der Waals surface area contributed by atoms with Crippen LogP contribution in [0.25, 0.3) is 0 Å². The van der Waals surface area contributed by atoms with Crippen LogP contribution in [-0.2, 0) is 28.5 Å². The fourth-order valence-corrected chi connectivity index (χ4v) is 3.18. The molecule has 1 amide bonds. The average molecular weight is 339 g/mol. The minimum atomic E-state index is -0.834. The number of ether oxygens (including phenoxy) is 4. The summed E-state index contributed by atoms with van der Waals surface area (Å²) in [4.78, 5) is 24.7. The standard InChI is InChI=1S/C17H25NO6/c1-7-11-14(18(6)13(20)8-2)16-15(23-17(4,5)24-16)12(22-11)9-21-10(3)19/h7-8,11-12,14-16H,1-2,9H2,3-6H3/t11-,12-,14?,15+,16-/m1/s1. The highest BCUT2D eigenvalue weighted by Gasteiger charge is 2.56. The van der Waals surface area contributed by atoms with Crippen molar-refractivity contribution in [2.24, 2.45) is 0 Å². The SMILES string of the molecule is C=CC(=O)N(C)C1[C@H]2OC(C)(C)O[C@H]2[C@@H](COC(C)=O)O[C@@H]1C=C. The summed E-state index contributed by atoms with van der Waals surface area (Å²) in [6, 6.07) is -0.423. The van der Waals surface area contributed by atoms with E-state index in [-0.39, 0.29) is 12.5 Å². The maximum absolute atomic E-state index is 12.1. The van der Waals surface area contributed by atoms with E-state index in [4.69, 9.17) is 18.9 Å². The Balaban J connectivity index is 2.30. The highest BCUT2D eigenvalue weighted by Crippen LogP contribution is 2.39. The molecule has 0 radical (unpaired) electrons. The van der Waals surface area contributed by atoms with E-state index in [0.717, 1.165) is 0 Å². The van der Waals surface area contributed by atoms with Gasteiger partial charge in [0.25, 0.3) is 0 Å². The van der Waals surface area contributed by atoms with Crippen LogP contribution in [0, 0.1) is 0 Å². The molecule has 2 aliphatic rings. The van der Waals surface area contributed by atoms with Gasteiger partial charge in [0.2, 0.25) is 5.91 Å². The molecule has 0 saturated carbocycles. The minimum Gasteiger partial charge on any atom is -0.463 e. The highest BCUT2D eigenvalue weighted by molar-refractivity contribution is 5.87. The summed E-state index contributed by atoms with van der Waals surface area (Å²) in [5.41, 5.74) is 0. The second-order valence-corrected chi connectivity index (χ2v) is 6.39. The van der Waals surface area contributed by atoms with E-state index in [1.165, 1.54) is 17.9 Å². The third-order valence-corrected chi connectivity index (χ3v) is 4.19. The van der Waals surface area contributed by atoms with Crippen LogP contribution in [-0.4, -0.2) is 66.7 Å². The van der Waals surface area contributed by atoms with E-state index in [2.05, 4.69) is 13.2 Å². The van der Waals surface area contributed by atoms with Gasteiger partial charge in [0.1, 0.15) is 24.9 Å². The summed E-state index contributed by atoms with van der Waals surface area (Å²) < 4.78 is 23.1. The van der Waals surface area contributed by atoms with Gasteiger partial charge >= 0.3 is 5.97 Å². The van der Waals surface area contributed by atoms with Crippen molar-refractivity contribution in [2.75, 3.05) is 13.7 Å². The molecule has 0 bridgehead atoms. The number of hydrogen-bond acceptors (Lipinski definition) is 6. The Hall–Kier alpha value is -1.70. The summed E-state index contributed by atoms with van der Waals surface area (Å²) in [5.74, 6) is -1.48. The average Bonchev–Trinajstić information content (AvgIpc) is 2.85. The molecule has 2 saturated heterocycles. The Morgan fingerprint density at radius 3 is 2.42 bits per heavy atom. The maximum atomic E-state index is 12.1. The zero-order valence-corrected chi connectivity index (χ0v) is 14.6. The molecular formula is C17H25NO6. The molecule has 2 rings (SSSR count). The quantitative estimate of drug-likeness (QED) is 0.423. The van der Waals surface area contributed by atoms with Gasteiger partial charge in [-0.1, -0.05) is 12.7 Å². The Morgan fingerprint density at radius 1 is 1.25 bits per heavy atom. The molecule has 2 heterocycles. The van der Waals surface area contributed by atoms with Gasteiger partial charge in [-0.05, 0) is 19.9 Å². The number of carbonyl (C=O) groups excluding carboxylic acids is 2. The molecule has 0 aromatic heterocycles. The van der Waals surface area contributed by atoms with Crippen LogP contribution in [0.15, 0.2) is 25.3 Å². The van der Waals surface area contributed by atoms with Crippen LogP contribution in [0.5, 0.6) is 0 Å². The normalized spacial score (nSPS) is 34.1. The predicted octanol–water partition coefficient (Wildman–Crippen LogP) is 1.04. The van der Waals surface area contributed by atoms with Crippen molar-refractivity contribution in [2.45, 2.75) is 57.0 Å². The zero-order valence-electron chi connectivity index (χ0n) is 14.6. The molecule has 7 heteroatoms. The molecule has 0 aromatic rings. The molecule has 0 N–H and O–H groups in total. The van der Waals surface area contributed by atoms with Gasteiger partial charge in [-0.25, -0.2) is 0 Å². The largest absolute Gasteiger partial charge is 0.463 e. The lowest BCUT2D eigenvalue weighted by atomic mass is 9.91. The topological polar surface area (TPSA) is 74.3 Å². The predicted molar refractivity (Wildman–Crippen MR) is 86.1 cm³/mol. The maximum Gasteiger partial charge on any atom is 0.302 e. The molecule has 2 aliphatic heterocycles. The number of rotatable bonds is 5. The van der Waals surface area contributed by atoms with Crippen LogP contribution in [0.4, 0.5) is 0 Å². The molecular weight excluding hydrogens is 314 g/mol. The van der Waals surface area contributed by atoms with Crippen LogP contribution in [0.1, 0.15) is 20.8 Å². The first kappa shape index (κ1) is 18.6. The van der Waals surface area contributed by atoms with E-state index in [1.54, 1.807) is 27.0 Å².